The van der Waals surface area contributed by atoms with E-state index in [2.05, 4.69) is 4.98 Å². The normalized spacial score (nSPS) is 10.5. The molecule has 0 bridgehead atoms. The fraction of sp³-hybridized carbons (Fsp3) is 0. The Hall–Kier alpha value is -2.24. The Kier molecular flexibility index (Phi) is 1.96. The summed E-state index contributed by atoms with van der Waals surface area (Å²) in [5.41, 5.74) is 0.144. The molecule has 5 nitrogen and oxygen atoms in total. The van der Waals surface area contributed by atoms with Gasteiger partial charge < -0.3 is 5.11 Å². The fourth-order valence-corrected chi connectivity index (χ4v) is 1.35. The highest BCUT2D eigenvalue weighted by Crippen LogP contribution is 2.18. The lowest BCUT2D eigenvalue weighted by Crippen LogP contribution is -2.06. The predicted molar refractivity (Wildman–Crippen MR) is 48.5 cm³/mol. The summed E-state index contributed by atoms with van der Waals surface area (Å²) in [5.74, 6) is -0.617. The number of pyridine rings is 1. The summed E-state index contributed by atoms with van der Waals surface area (Å²) in [6.07, 6.45) is 1.19. The van der Waals surface area contributed by atoms with Gasteiger partial charge in [0.1, 0.15) is 11.5 Å². The predicted octanol–water partition coefficient (Wildman–Crippen LogP) is 1.51. The average molecular weight is 208 g/mol. The van der Waals surface area contributed by atoms with Crippen molar-refractivity contribution >= 4 is 23.4 Å². The van der Waals surface area contributed by atoms with Crippen LogP contribution in [0.5, 0.6) is 0 Å². The Labute approximate surface area is 82.8 Å². The highest BCUT2D eigenvalue weighted by molar-refractivity contribution is 5.99. The molecule has 2 aromatic heterocycles. The van der Waals surface area contributed by atoms with E-state index in [0.717, 1.165) is 23.0 Å². The van der Waals surface area contributed by atoms with E-state index in [1.165, 1.54) is 0 Å². The number of rotatable bonds is 1. The molecule has 0 amide bonds. The van der Waals surface area contributed by atoms with Gasteiger partial charge in [-0.15, -0.1) is 0 Å². The van der Waals surface area contributed by atoms with E-state index >= 15 is 0 Å². The summed E-state index contributed by atoms with van der Waals surface area (Å²) in [7, 11) is 0. The first-order valence-electron chi connectivity index (χ1n) is 3.98. The molecule has 2 aromatic rings. The zero-order valence-corrected chi connectivity index (χ0v) is 7.35. The monoisotopic (exact) mass is 208 g/mol. The lowest BCUT2D eigenvalue weighted by molar-refractivity contribution is 0.112. The van der Waals surface area contributed by atoms with E-state index in [9.17, 15) is 14.0 Å². The van der Waals surface area contributed by atoms with E-state index in [1.807, 2.05) is 0 Å². The maximum absolute atomic E-state index is 12.8. The van der Waals surface area contributed by atoms with Crippen LogP contribution in [0.15, 0.2) is 18.5 Å². The van der Waals surface area contributed by atoms with Crippen LogP contribution in [-0.2, 0) is 0 Å². The highest BCUT2D eigenvalue weighted by atomic mass is 19.1. The van der Waals surface area contributed by atoms with Gasteiger partial charge in [-0.2, -0.15) is 0 Å². The molecule has 0 aliphatic heterocycles. The van der Waals surface area contributed by atoms with E-state index in [0.29, 0.717) is 6.29 Å². The van der Waals surface area contributed by atoms with Crippen LogP contribution in [0.25, 0.3) is 11.0 Å². The maximum Gasteiger partial charge on any atom is 0.417 e. The zero-order valence-electron chi connectivity index (χ0n) is 7.35. The summed E-state index contributed by atoms with van der Waals surface area (Å²) in [6, 6.07) is 1.07. The molecular weight excluding hydrogens is 203 g/mol. The van der Waals surface area contributed by atoms with Crippen LogP contribution in [0, 0.1) is 5.82 Å². The molecule has 0 aliphatic rings. The molecule has 0 saturated heterocycles. The quantitative estimate of drug-likeness (QED) is 0.721. The first kappa shape index (κ1) is 9.32. The van der Waals surface area contributed by atoms with Gasteiger partial charge in [-0.05, 0) is 6.07 Å². The number of fused-ring (bicyclic) bond motifs is 1. The van der Waals surface area contributed by atoms with Gasteiger partial charge in [0.2, 0.25) is 0 Å². The van der Waals surface area contributed by atoms with Gasteiger partial charge in [-0.25, -0.2) is 18.7 Å². The largest absolute Gasteiger partial charge is 0.464 e. The lowest BCUT2D eigenvalue weighted by atomic mass is 10.2. The smallest absolute Gasteiger partial charge is 0.417 e. The molecule has 0 radical (unpaired) electrons. The standard InChI is InChI=1S/C9H5FN2O3/c10-6-1-7-5(4-13)3-12(9(14)15)8(7)11-2-6/h1-4H,(H,14,15). The second-order valence-corrected chi connectivity index (χ2v) is 2.88. The molecule has 0 saturated carbocycles. The second-order valence-electron chi connectivity index (χ2n) is 2.88. The van der Waals surface area contributed by atoms with Gasteiger partial charge in [-0.3, -0.25) is 4.79 Å². The molecule has 0 aromatic carbocycles. The van der Waals surface area contributed by atoms with Crippen molar-refractivity contribution in [1.29, 1.82) is 0 Å². The Morgan fingerprint density at radius 1 is 1.60 bits per heavy atom. The van der Waals surface area contributed by atoms with Crippen molar-refractivity contribution in [3.63, 3.8) is 0 Å². The Morgan fingerprint density at radius 3 is 2.93 bits per heavy atom. The SMILES string of the molecule is O=Cc1cn(C(=O)O)c2ncc(F)cc12. The van der Waals surface area contributed by atoms with E-state index in [-0.39, 0.29) is 16.6 Å². The molecule has 1 N–H and O–H groups in total. The Morgan fingerprint density at radius 2 is 2.33 bits per heavy atom. The number of aromatic nitrogens is 2. The molecule has 0 unspecified atom stereocenters. The van der Waals surface area contributed by atoms with Crippen LogP contribution in [0.4, 0.5) is 9.18 Å². The van der Waals surface area contributed by atoms with Crippen molar-refractivity contribution in [1.82, 2.24) is 9.55 Å². The van der Waals surface area contributed by atoms with Crippen molar-refractivity contribution in [2.75, 3.05) is 0 Å². The van der Waals surface area contributed by atoms with Gasteiger partial charge >= 0.3 is 6.09 Å². The average Bonchev–Trinajstić information content (AvgIpc) is 2.55. The van der Waals surface area contributed by atoms with Crippen molar-refractivity contribution in [3.8, 4) is 0 Å². The Balaban J connectivity index is 2.86. The topological polar surface area (TPSA) is 72.2 Å². The zero-order chi connectivity index (χ0) is 11.0. The molecule has 15 heavy (non-hydrogen) atoms. The van der Waals surface area contributed by atoms with Crippen molar-refractivity contribution in [2.24, 2.45) is 0 Å². The van der Waals surface area contributed by atoms with Crippen molar-refractivity contribution in [2.45, 2.75) is 0 Å². The molecule has 0 aliphatic carbocycles. The fourth-order valence-electron chi connectivity index (χ4n) is 1.35. The summed E-state index contributed by atoms with van der Waals surface area (Å²) >= 11 is 0. The number of hydrogen-bond acceptors (Lipinski definition) is 3. The van der Waals surface area contributed by atoms with Gasteiger partial charge in [0.05, 0.1) is 6.20 Å². The molecule has 2 rings (SSSR count). The van der Waals surface area contributed by atoms with Crippen LogP contribution in [0.2, 0.25) is 0 Å². The minimum atomic E-state index is -1.27. The van der Waals surface area contributed by atoms with Gasteiger partial charge in [0, 0.05) is 17.1 Å². The number of aldehydes is 1. The van der Waals surface area contributed by atoms with E-state index < -0.39 is 11.9 Å². The summed E-state index contributed by atoms with van der Waals surface area (Å²) < 4.78 is 13.6. The third kappa shape index (κ3) is 1.35. The van der Waals surface area contributed by atoms with Gasteiger partial charge in [0.15, 0.2) is 6.29 Å². The van der Waals surface area contributed by atoms with Crippen LogP contribution in [0.1, 0.15) is 10.4 Å². The van der Waals surface area contributed by atoms with Gasteiger partial charge in [0.25, 0.3) is 0 Å². The summed E-state index contributed by atoms with van der Waals surface area (Å²) in [5, 5.41) is 8.96. The first-order valence-corrected chi connectivity index (χ1v) is 3.98. The molecule has 0 fully saturated rings. The van der Waals surface area contributed by atoms with E-state index in [1.54, 1.807) is 0 Å². The summed E-state index contributed by atoms with van der Waals surface area (Å²) in [4.78, 5) is 25.0. The summed E-state index contributed by atoms with van der Waals surface area (Å²) in [6.45, 7) is 0. The molecule has 6 heteroatoms. The number of carbonyl (C=O) groups is 2. The van der Waals surface area contributed by atoms with Crippen molar-refractivity contribution < 1.29 is 19.1 Å². The molecular formula is C9H5FN2O3. The lowest BCUT2D eigenvalue weighted by Gasteiger charge is -1.95. The number of carboxylic acid groups (broad SMARTS) is 1. The molecule has 2 heterocycles. The molecule has 0 atom stereocenters. The number of nitrogens with zero attached hydrogens (tertiary/aromatic N) is 2. The van der Waals surface area contributed by atoms with Crippen LogP contribution < -0.4 is 0 Å². The van der Waals surface area contributed by atoms with Crippen LogP contribution in [-0.4, -0.2) is 27.0 Å². The van der Waals surface area contributed by atoms with Crippen LogP contribution >= 0.6 is 0 Å². The van der Waals surface area contributed by atoms with E-state index in [4.69, 9.17) is 5.11 Å². The second kappa shape index (κ2) is 3.16. The highest BCUT2D eigenvalue weighted by Gasteiger charge is 2.13. The van der Waals surface area contributed by atoms with Crippen LogP contribution in [0.3, 0.4) is 0 Å². The molecule has 0 spiro atoms. The van der Waals surface area contributed by atoms with Gasteiger partial charge in [-0.1, -0.05) is 0 Å². The number of hydrogen-bond donors (Lipinski definition) is 1. The maximum atomic E-state index is 12.8. The Bertz CT molecular complexity index is 562. The first-order chi connectivity index (χ1) is 7.13. The molecule has 76 valence electrons. The minimum absolute atomic E-state index is 0.0472. The van der Waals surface area contributed by atoms with Crippen molar-refractivity contribution in [3.05, 3.63) is 29.8 Å². The number of halogens is 1. The number of carbonyl (C=O) groups excluding carboxylic acids is 1. The minimum Gasteiger partial charge on any atom is -0.464 e. The third-order valence-electron chi connectivity index (χ3n) is 1.97. The third-order valence-corrected chi connectivity index (χ3v) is 1.97.